The molecule has 0 atom stereocenters. The third-order valence-electron chi connectivity index (χ3n) is 3.64. The molecule has 0 unspecified atom stereocenters. The second-order valence-corrected chi connectivity index (χ2v) is 4.73. The monoisotopic (exact) mass is 247 g/mol. The highest BCUT2D eigenvalue weighted by Crippen LogP contribution is 2.32. The number of nitrogens with zero attached hydrogens (tertiary/aromatic N) is 3. The van der Waals surface area contributed by atoms with E-state index < -0.39 is 0 Å². The van der Waals surface area contributed by atoms with Gasteiger partial charge in [0, 0.05) is 24.4 Å². The minimum atomic E-state index is 0.394. The lowest BCUT2D eigenvalue weighted by atomic mass is 9.86. The minimum Gasteiger partial charge on any atom is -0.342 e. The van der Waals surface area contributed by atoms with Crippen LogP contribution in [0, 0.1) is 0 Å². The topological polar surface area (TPSA) is 79.6 Å². The highest BCUT2D eigenvalue weighted by Gasteiger charge is 2.26. The summed E-state index contributed by atoms with van der Waals surface area (Å²) in [5.74, 6) is 2.35. The van der Waals surface area contributed by atoms with Gasteiger partial charge in [-0.3, -0.25) is 0 Å². The van der Waals surface area contributed by atoms with Crippen molar-refractivity contribution in [2.45, 2.75) is 37.6 Å². The Morgan fingerprint density at radius 3 is 2.83 bits per heavy atom. The Labute approximate surface area is 105 Å². The maximum Gasteiger partial charge on any atom is 0.238 e. The molecule has 96 valence electrons. The number of imidazole rings is 1. The Hall–Kier alpha value is -1.69. The maximum atomic E-state index is 5.36. The number of aromatic amines is 1. The molecule has 18 heavy (non-hydrogen) atoms. The standard InChI is InChI=1S/C12H17N5O/c1-13-9-4-2-8(3-5-9)12-16-11(17-18-12)10-14-6-7-15-10/h6-9,13H,2-5H2,1H3,(H,14,15). The van der Waals surface area contributed by atoms with Gasteiger partial charge in [0.15, 0.2) is 5.82 Å². The van der Waals surface area contributed by atoms with Crippen LogP contribution in [0.5, 0.6) is 0 Å². The predicted molar refractivity (Wildman–Crippen MR) is 65.9 cm³/mol. The molecule has 0 amide bonds. The zero-order valence-electron chi connectivity index (χ0n) is 10.4. The first-order valence-corrected chi connectivity index (χ1v) is 6.37. The van der Waals surface area contributed by atoms with Crippen LogP contribution in [0.2, 0.25) is 0 Å². The number of aromatic nitrogens is 4. The number of hydrogen-bond acceptors (Lipinski definition) is 5. The molecule has 6 nitrogen and oxygen atoms in total. The Bertz CT molecular complexity index is 484. The van der Waals surface area contributed by atoms with Gasteiger partial charge < -0.3 is 14.8 Å². The third-order valence-corrected chi connectivity index (χ3v) is 3.64. The van der Waals surface area contributed by atoms with Crippen LogP contribution in [0.1, 0.15) is 37.5 Å². The van der Waals surface area contributed by atoms with E-state index in [1.807, 2.05) is 7.05 Å². The lowest BCUT2D eigenvalue weighted by molar-refractivity contribution is 0.288. The van der Waals surface area contributed by atoms with Gasteiger partial charge in [0.1, 0.15) is 0 Å². The molecule has 2 N–H and O–H groups in total. The lowest BCUT2D eigenvalue weighted by Gasteiger charge is -2.25. The van der Waals surface area contributed by atoms with Crippen molar-refractivity contribution in [2.24, 2.45) is 0 Å². The van der Waals surface area contributed by atoms with Gasteiger partial charge in [0.25, 0.3) is 0 Å². The highest BCUT2D eigenvalue weighted by atomic mass is 16.5. The van der Waals surface area contributed by atoms with Crippen LogP contribution in [0.3, 0.4) is 0 Å². The summed E-state index contributed by atoms with van der Waals surface area (Å²) in [6, 6.07) is 0.633. The Morgan fingerprint density at radius 2 is 2.17 bits per heavy atom. The molecule has 0 bridgehead atoms. The zero-order valence-corrected chi connectivity index (χ0v) is 10.4. The summed E-state index contributed by atoms with van der Waals surface area (Å²) in [7, 11) is 2.02. The summed E-state index contributed by atoms with van der Waals surface area (Å²) < 4.78 is 5.36. The molecule has 6 heteroatoms. The molecule has 0 aliphatic heterocycles. The second kappa shape index (κ2) is 4.89. The van der Waals surface area contributed by atoms with E-state index in [4.69, 9.17) is 4.52 Å². The van der Waals surface area contributed by atoms with E-state index in [2.05, 4.69) is 25.4 Å². The normalized spacial score (nSPS) is 24.3. The van der Waals surface area contributed by atoms with Crippen LogP contribution >= 0.6 is 0 Å². The van der Waals surface area contributed by atoms with Crippen LogP contribution in [-0.2, 0) is 0 Å². The SMILES string of the molecule is CNC1CCC(c2nc(-c3ncc[nH]3)no2)CC1. The number of rotatable bonds is 3. The van der Waals surface area contributed by atoms with Gasteiger partial charge in [0.2, 0.25) is 11.7 Å². The van der Waals surface area contributed by atoms with E-state index in [-0.39, 0.29) is 0 Å². The van der Waals surface area contributed by atoms with Crippen molar-refractivity contribution in [1.29, 1.82) is 0 Å². The summed E-state index contributed by atoms with van der Waals surface area (Å²) >= 11 is 0. The molecule has 1 fully saturated rings. The van der Waals surface area contributed by atoms with E-state index in [9.17, 15) is 0 Å². The van der Waals surface area contributed by atoms with Gasteiger partial charge in [-0.15, -0.1) is 0 Å². The average Bonchev–Trinajstić information content (AvgIpc) is 3.09. The van der Waals surface area contributed by atoms with E-state index in [1.165, 1.54) is 12.8 Å². The molecule has 2 aromatic rings. The van der Waals surface area contributed by atoms with Crippen LogP contribution in [-0.4, -0.2) is 33.2 Å². The molecule has 0 spiro atoms. The summed E-state index contributed by atoms with van der Waals surface area (Å²) in [5.41, 5.74) is 0. The number of nitrogens with one attached hydrogen (secondary N) is 2. The van der Waals surface area contributed by atoms with E-state index in [1.54, 1.807) is 12.4 Å². The Morgan fingerprint density at radius 1 is 1.33 bits per heavy atom. The first-order valence-electron chi connectivity index (χ1n) is 6.37. The third kappa shape index (κ3) is 2.15. The Kier molecular flexibility index (Phi) is 3.10. The van der Waals surface area contributed by atoms with Crippen molar-refractivity contribution < 1.29 is 4.52 Å². The fourth-order valence-electron chi connectivity index (χ4n) is 2.51. The zero-order chi connectivity index (χ0) is 12.4. The van der Waals surface area contributed by atoms with Crippen molar-refractivity contribution in [3.8, 4) is 11.6 Å². The van der Waals surface area contributed by atoms with Gasteiger partial charge in [-0.05, 0) is 32.7 Å². The van der Waals surface area contributed by atoms with Crippen molar-refractivity contribution in [2.75, 3.05) is 7.05 Å². The predicted octanol–water partition coefficient (Wildman–Crippen LogP) is 1.71. The molecule has 0 saturated heterocycles. The number of hydrogen-bond donors (Lipinski definition) is 2. The number of H-pyrrole nitrogens is 1. The Balaban J connectivity index is 1.71. The van der Waals surface area contributed by atoms with Crippen LogP contribution < -0.4 is 5.32 Å². The fraction of sp³-hybridized carbons (Fsp3) is 0.583. The molecule has 2 aromatic heterocycles. The smallest absolute Gasteiger partial charge is 0.238 e. The molecule has 1 aliphatic carbocycles. The average molecular weight is 247 g/mol. The molecule has 1 aliphatic rings. The second-order valence-electron chi connectivity index (χ2n) is 4.73. The quantitative estimate of drug-likeness (QED) is 0.863. The fourth-order valence-corrected chi connectivity index (χ4v) is 2.51. The molecular weight excluding hydrogens is 230 g/mol. The van der Waals surface area contributed by atoms with Crippen LogP contribution in [0.4, 0.5) is 0 Å². The van der Waals surface area contributed by atoms with Gasteiger partial charge in [0.05, 0.1) is 0 Å². The molecule has 0 aromatic carbocycles. The molecular formula is C12H17N5O. The highest BCUT2D eigenvalue weighted by molar-refractivity contribution is 5.40. The largest absolute Gasteiger partial charge is 0.342 e. The molecule has 3 rings (SSSR count). The van der Waals surface area contributed by atoms with Gasteiger partial charge in [-0.25, -0.2) is 4.98 Å². The maximum absolute atomic E-state index is 5.36. The van der Waals surface area contributed by atoms with E-state index in [0.717, 1.165) is 18.7 Å². The van der Waals surface area contributed by atoms with Gasteiger partial charge >= 0.3 is 0 Å². The molecule has 2 heterocycles. The van der Waals surface area contributed by atoms with Crippen molar-refractivity contribution in [3.05, 3.63) is 18.3 Å². The lowest BCUT2D eigenvalue weighted by Crippen LogP contribution is -2.29. The van der Waals surface area contributed by atoms with Crippen LogP contribution in [0.25, 0.3) is 11.6 Å². The summed E-state index contributed by atoms with van der Waals surface area (Å²) in [5, 5.41) is 7.30. The van der Waals surface area contributed by atoms with Crippen molar-refractivity contribution in [3.63, 3.8) is 0 Å². The summed E-state index contributed by atoms with van der Waals surface area (Å²) in [6.07, 6.45) is 7.98. The van der Waals surface area contributed by atoms with Crippen LogP contribution in [0.15, 0.2) is 16.9 Å². The van der Waals surface area contributed by atoms with Crippen molar-refractivity contribution in [1.82, 2.24) is 25.4 Å². The first-order chi connectivity index (χ1) is 8.86. The van der Waals surface area contributed by atoms with E-state index >= 15 is 0 Å². The van der Waals surface area contributed by atoms with Gasteiger partial charge in [-0.2, -0.15) is 4.98 Å². The molecule has 1 saturated carbocycles. The van der Waals surface area contributed by atoms with Gasteiger partial charge in [-0.1, -0.05) is 5.16 Å². The molecule has 0 radical (unpaired) electrons. The minimum absolute atomic E-state index is 0.394. The van der Waals surface area contributed by atoms with Crippen molar-refractivity contribution >= 4 is 0 Å². The van der Waals surface area contributed by atoms with E-state index in [0.29, 0.717) is 23.6 Å². The summed E-state index contributed by atoms with van der Waals surface area (Å²) in [6.45, 7) is 0. The first kappa shape index (κ1) is 11.4. The summed E-state index contributed by atoms with van der Waals surface area (Å²) in [4.78, 5) is 11.5.